The van der Waals surface area contributed by atoms with Gasteiger partial charge in [-0.3, -0.25) is 19.0 Å². The van der Waals surface area contributed by atoms with Crippen LogP contribution >= 0.6 is 11.6 Å². The number of benzene rings is 3. The van der Waals surface area contributed by atoms with Gasteiger partial charge in [-0.25, -0.2) is 0 Å². The summed E-state index contributed by atoms with van der Waals surface area (Å²) in [4.78, 5) is 43.7. The molecule has 2 aliphatic heterocycles. The maximum absolute atomic E-state index is 13.8. The second kappa shape index (κ2) is 10.8. The van der Waals surface area contributed by atoms with Crippen LogP contribution in [0.1, 0.15) is 31.7 Å². The Labute approximate surface area is 242 Å². The zero-order valence-corrected chi connectivity index (χ0v) is 23.8. The molecule has 1 N–H and O–H groups in total. The van der Waals surface area contributed by atoms with E-state index >= 15 is 0 Å². The minimum absolute atomic E-state index is 0.116. The summed E-state index contributed by atoms with van der Waals surface area (Å²) >= 11 is 6.97. The molecule has 6 rings (SSSR count). The van der Waals surface area contributed by atoms with Crippen LogP contribution in [-0.4, -0.2) is 62.7 Å². The first kappa shape index (κ1) is 27.3. The number of hydrogen-bond acceptors (Lipinski definition) is 5. The fourth-order valence-corrected chi connectivity index (χ4v) is 6.82. The molecule has 1 amide bonds. The molecule has 3 heterocycles. The molecule has 0 radical (unpaired) electrons. The minimum atomic E-state index is -0.571. The van der Waals surface area contributed by atoms with Crippen LogP contribution in [0, 0.1) is 0 Å². The molecule has 2 saturated heterocycles. The van der Waals surface area contributed by atoms with E-state index in [-0.39, 0.29) is 23.7 Å². The van der Waals surface area contributed by atoms with Crippen molar-refractivity contribution in [3.63, 3.8) is 0 Å². The molecule has 8 nitrogen and oxygen atoms in total. The van der Waals surface area contributed by atoms with Crippen LogP contribution in [0.3, 0.4) is 0 Å². The van der Waals surface area contributed by atoms with Gasteiger partial charge in [0.15, 0.2) is 0 Å². The first-order valence-corrected chi connectivity index (χ1v) is 14.5. The predicted octanol–water partition coefficient (Wildman–Crippen LogP) is 4.79. The molecule has 0 saturated carbocycles. The molecule has 2 aliphatic rings. The van der Waals surface area contributed by atoms with Crippen LogP contribution < -0.4 is 11.1 Å². The van der Waals surface area contributed by atoms with E-state index in [0.717, 1.165) is 35.7 Å². The number of amides is 1. The molecule has 212 valence electrons. The van der Waals surface area contributed by atoms with Gasteiger partial charge in [0.25, 0.3) is 0 Å². The molecule has 0 unspecified atom stereocenters. The van der Waals surface area contributed by atoms with Crippen LogP contribution in [-0.2, 0) is 11.3 Å². The number of likely N-dealkylation sites (N-methyl/N-ethyl adjacent to an activating group) is 1. The summed E-state index contributed by atoms with van der Waals surface area (Å²) in [7, 11) is 2.05. The summed E-state index contributed by atoms with van der Waals surface area (Å²) in [6.07, 6.45) is 4.37. The maximum Gasteiger partial charge on any atom is 0.317 e. The summed E-state index contributed by atoms with van der Waals surface area (Å²) in [5.74, 6) is -0.0200. The highest BCUT2D eigenvalue weighted by Gasteiger charge is 2.29. The van der Waals surface area contributed by atoms with Gasteiger partial charge in [-0.2, -0.15) is 0 Å². The smallest absolute Gasteiger partial charge is 0.317 e. The lowest BCUT2D eigenvalue weighted by molar-refractivity contribution is -0.127. The van der Waals surface area contributed by atoms with Crippen molar-refractivity contribution in [3.8, 4) is 16.9 Å². The Morgan fingerprint density at radius 1 is 1.00 bits per heavy atom. The fourth-order valence-electron chi connectivity index (χ4n) is 6.56. The quantitative estimate of drug-likeness (QED) is 0.274. The lowest BCUT2D eigenvalue weighted by atomic mass is 9.96. The minimum Gasteiger partial charge on any atom is -0.508 e. The lowest BCUT2D eigenvalue weighted by Crippen LogP contribution is -2.47. The third-order valence-electron chi connectivity index (χ3n) is 8.78. The van der Waals surface area contributed by atoms with Gasteiger partial charge in [0, 0.05) is 37.3 Å². The number of piperidine rings is 1. The molecule has 0 bridgehead atoms. The van der Waals surface area contributed by atoms with Crippen molar-refractivity contribution in [1.82, 2.24) is 18.9 Å². The standard InChI is InChI=1S/C32H33ClN4O4/c1-3-30(39)35-13-10-21(11-14-35)37-29-18-27(33)26(25-16-23(38)15-20-7-4-5-9-24(20)25)17-28(29)36(31(40)32(37)41)19-22-8-6-12-34(22)2/h3-5,7,9,15-18,21-22,38H,1,6,8,10-14,19H2,2H3/t22-/m0/s1. The number of carbonyl (C=O) groups excluding carboxylic acids is 1. The molecule has 1 atom stereocenters. The molecule has 2 fully saturated rings. The number of carbonyl (C=O) groups is 1. The highest BCUT2D eigenvalue weighted by Crippen LogP contribution is 2.39. The predicted molar refractivity (Wildman–Crippen MR) is 163 cm³/mol. The monoisotopic (exact) mass is 572 g/mol. The summed E-state index contributed by atoms with van der Waals surface area (Å²) < 4.78 is 3.21. The zero-order chi connectivity index (χ0) is 28.8. The number of aromatic hydroxyl groups is 1. The number of halogens is 1. The first-order valence-electron chi connectivity index (χ1n) is 14.1. The van der Waals surface area contributed by atoms with Gasteiger partial charge >= 0.3 is 11.1 Å². The van der Waals surface area contributed by atoms with Crippen molar-refractivity contribution >= 4 is 39.3 Å². The van der Waals surface area contributed by atoms with Gasteiger partial charge in [-0.1, -0.05) is 42.4 Å². The topological polar surface area (TPSA) is 87.8 Å². The number of rotatable bonds is 5. The number of phenols is 1. The van der Waals surface area contributed by atoms with Crippen molar-refractivity contribution in [1.29, 1.82) is 0 Å². The molecule has 9 heteroatoms. The van der Waals surface area contributed by atoms with Crippen LogP contribution in [0.15, 0.2) is 70.8 Å². The SMILES string of the molecule is C=CC(=O)N1CCC(n2c(=O)c(=O)n(C[C@@H]3CCCN3C)c3cc(-c4cc(O)cc5ccccc45)c(Cl)cc32)CC1. The van der Waals surface area contributed by atoms with Crippen molar-refractivity contribution < 1.29 is 9.90 Å². The van der Waals surface area contributed by atoms with Crippen LogP contribution in [0.25, 0.3) is 32.9 Å². The van der Waals surface area contributed by atoms with Gasteiger partial charge in [-0.15, -0.1) is 0 Å². The fraction of sp³-hybridized carbons (Fsp3) is 0.344. The van der Waals surface area contributed by atoms with Crippen LogP contribution in [0.5, 0.6) is 5.75 Å². The van der Waals surface area contributed by atoms with Gasteiger partial charge in [0.05, 0.1) is 16.1 Å². The third kappa shape index (κ3) is 4.85. The summed E-state index contributed by atoms with van der Waals surface area (Å²) in [5, 5.41) is 12.7. The van der Waals surface area contributed by atoms with Crippen LogP contribution in [0.4, 0.5) is 0 Å². The second-order valence-electron chi connectivity index (χ2n) is 11.2. The third-order valence-corrected chi connectivity index (χ3v) is 9.09. The average Bonchev–Trinajstić information content (AvgIpc) is 3.38. The largest absolute Gasteiger partial charge is 0.508 e. The number of aromatic nitrogens is 2. The van der Waals surface area contributed by atoms with Crippen molar-refractivity contribution in [2.24, 2.45) is 0 Å². The van der Waals surface area contributed by atoms with Gasteiger partial charge < -0.3 is 19.5 Å². The van der Waals surface area contributed by atoms with Crippen LogP contribution in [0.2, 0.25) is 5.02 Å². The van der Waals surface area contributed by atoms with E-state index in [2.05, 4.69) is 11.5 Å². The Balaban J connectivity index is 1.57. The van der Waals surface area contributed by atoms with E-state index in [1.54, 1.807) is 32.2 Å². The summed E-state index contributed by atoms with van der Waals surface area (Å²) in [5.41, 5.74) is 1.53. The zero-order valence-electron chi connectivity index (χ0n) is 23.1. The summed E-state index contributed by atoms with van der Waals surface area (Å²) in [6, 6.07) is 14.7. The average molecular weight is 573 g/mol. The Kier molecular flexibility index (Phi) is 7.21. The van der Waals surface area contributed by atoms with E-state index in [1.807, 2.05) is 37.4 Å². The van der Waals surface area contributed by atoms with E-state index in [4.69, 9.17) is 11.6 Å². The maximum atomic E-state index is 13.8. The number of hydrogen-bond donors (Lipinski definition) is 1. The molecule has 4 aromatic rings. The molecule has 0 aliphatic carbocycles. The number of likely N-dealkylation sites (tertiary alicyclic amines) is 2. The van der Waals surface area contributed by atoms with Crippen molar-refractivity contribution in [3.05, 3.63) is 86.9 Å². The van der Waals surface area contributed by atoms with Crippen molar-refractivity contribution in [2.75, 3.05) is 26.7 Å². The first-order chi connectivity index (χ1) is 19.8. The van der Waals surface area contributed by atoms with Gasteiger partial charge in [0.2, 0.25) is 5.91 Å². The number of phenolic OH excluding ortho intramolecular Hbond substituents is 1. The highest BCUT2D eigenvalue weighted by molar-refractivity contribution is 6.34. The molecule has 1 aromatic heterocycles. The molecule has 41 heavy (non-hydrogen) atoms. The van der Waals surface area contributed by atoms with Gasteiger partial charge in [0.1, 0.15) is 5.75 Å². The van der Waals surface area contributed by atoms with E-state index in [0.29, 0.717) is 54.1 Å². The Morgan fingerprint density at radius 2 is 1.76 bits per heavy atom. The number of nitrogens with zero attached hydrogens (tertiary/aromatic N) is 4. The number of fused-ring (bicyclic) bond motifs is 2. The second-order valence-corrected chi connectivity index (χ2v) is 11.6. The molecular weight excluding hydrogens is 540 g/mol. The van der Waals surface area contributed by atoms with Gasteiger partial charge in [-0.05, 0) is 86.0 Å². The molecule has 0 spiro atoms. The summed E-state index contributed by atoms with van der Waals surface area (Å²) in [6.45, 7) is 5.87. The van der Waals surface area contributed by atoms with E-state index < -0.39 is 11.1 Å². The molecule has 3 aromatic carbocycles. The molecular formula is C32H33ClN4O4. The Hall–Kier alpha value is -3.88. The lowest BCUT2D eigenvalue weighted by Gasteiger charge is -2.33. The van der Waals surface area contributed by atoms with Crippen molar-refractivity contribution in [2.45, 2.75) is 44.3 Å². The van der Waals surface area contributed by atoms with E-state index in [9.17, 15) is 19.5 Å². The highest BCUT2D eigenvalue weighted by atomic mass is 35.5. The Bertz CT molecular complexity index is 1800. The normalized spacial score (nSPS) is 18.4. The van der Waals surface area contributed by atoms with E-state index in [1.165, 1.54) is 6.08 Å². The Morgan fingerprint density at radius 3 is 2.46 bits per heavy atom.